The zero-order chi connectivity index (χ0) is 99.5. The van der Waals surface area contributed by atoms with Crippen molar-refractivity contribution in [3.05, 3.63) is 473 Å². The third-order valence-electron chi connectivity index (χ3n) is 28.1. The van der Waals surface area contributed by atoms with Crippen molar-refractivity contribution in [1.29, 1.82) is 0 Å². The lowest BCUT2D eigenvalue weighted by Gasteiger charge is -2.08. The van der Waals surface area contributed by atoms with Gasteiger partial charge in [-0.1, -0.05) is 287 Å². The molecule has 1 aliphatic rings. The largest absolute Gasteiger partial charge is 0.488 e. The van der Waals surface area contributed by atoms with E-state index in [-0.39, 0.29) is 10.6 Å². The van der Waals surface area contributed by atoms with E-state index in [2.05, 4.69) is 281 Å². The van der Waals surface area contributed by atoms with Gasteiger partial charge < -0.3 is 65.7 Å². The highest BCUT2D eigenvalue weighted by Crippen LogP contribution is 2.46. The second kappa shape index (κ2) is 37.3. The van der Waals surface area contributed by atoms with E-state index in [9.17, 15) is 20.2 Å². The molecule has 17 nitrogen and oxygen atoms in total. The highest BCUT2D eigenvalue weighted by atomic mass is 79.9. The maximum atomic E-state index is 11.2. The summed E-state index contributed by atoms with van der Waals surface area (Å²) >= 11 is 7.17. The van der Waals surface area contributed by atoms with Crippen molar-refractivity contribution in [2.45, 2.75) is 6.42 Å². The smallest absolute Gasteiger partial charge is 0.456 e. The molecule has 0 fully saturated rings. The van der Waals surface area contributed by atoms with Crippen LogP contribution in [-0.4, -0.2) is 58.4 Å². The van der Waals surface area contributed by atoms with E-state index in [0.29, 0.717) is 22.1 Å². The van der Waals surface area contributed by atoms with Gasteiger partial charge in [0.05, 0.1) is 32.6 Å². The fourth-order valence-electron chi connectivity index (χ4n) is 21.2. The average molecular weight is 2050 g/mol. The summed E-state index contributed by atoms with van der Waals surface area (Å²) in [6.07, 6.45) is 1.10. The fraction of sp³-hybridized carbons (Fsp3) is 0.00787. The minimum Gasteiger partial charge on any atom is -0.456 e. The van der Waals surface area contributed by atoms with Gasteiger partial charge >= 0.3 is 14.2 Å². The number of furan rings is 6. The number of fused-ring (bicyclic) bond motifs is 33. The predicted octanol–water partition coefficient (Wildman–Crippen LogP) is 32.7. The number of halogens is 2. The number of rotatable bonds is 6. The van der Waals surface area contributed by atoms with Gasteiger partial charge in [0.25, 0.3) is 5.69 Å². The Morgan fingerprint density at radius 3 is 1.03 bits per heavy atom. The van der Waals surface area contributed by atoms with Crippen LogP contribution in [0.3, 0.4) is 0 Å². The molecular formula is C127H81B2Br2N5O12. The molecule has 21 aromatic carbocycles. The van der Waals surface area contributed by atoms with Gasteiger partial charge in [-0.25, -0.2) is 0 Å². The molecule has 10 heterocycles. The van der Waals surface area contributed by atoms with Crippen molar-refractivity contribution in [3.8, 4) is 33.6 Å². The highest BCUT2D eigenvalue weighted by Gasteiger charge is 2.25. The molecule has 0 unspecified atom stereocenters. The summed E-state index contributed by atoms with van der Waals surface area (Å²) in [6.45, 7) is 0. The van der Waals surface area contributed by atoms with Gasteiger partial charge in [0.15, 0.2) is 0 Å². The van der Waals surface area contributed by atoms with Crippen LogP contribution in [0.4, 0.5) is 5.69 Å². The van der Waals surface area contributed by atoms with Crippen LogP contribution in [0.15, 0.2) is 478 Å². The first kappa shape index (κ1) is 90.0. The average Bonchev–Trinajstić information content (AvgIpc) is 1.58. The summed E-state index contributed by atoms with van der Waals surface area (Å²) in [6, 6.07) is 148. The molecule has 6 N–H and O–H groups in total. The summed E-state index contributed by atoms with van der Waals surface area (Å²) in [5.41, 5.74) is 29.7. The fourth-order valence-corrected chi connectivity index (χ4v) is 22.0. The Kier molecular flexibility index (Phi) is 22.7. The predicted molar refractivity (Wildman–Crippen MR) is 612 cm³/mol. The Bertz CT molecular complexity index is 10600. The molecule has 706 valence electrons. The van der Waals surface area contributed by atoms with Crippen LogP contribution in [0.2, 0.25) is 0 Å². The number of aromatic amines is 2. The Morgan fingerprint density at radius 1 is 0.243 bits per heavy atom. The van der Waals surface area contributed by atoms with Crippen molar-refractivity contribution in [3.63, 3.8) is 0 Å². The van der Waals surface area contributed by atoms with Crippen LogP contribution < -0.4 is 10.9 Å². The van der Waals surface area contributed by atoms with Gasteiger partial charge in [-0.15, -0.1) is 0 Å². The van der Waals surface area contributed by atoms with Crippen molar-refractivity contribution in [2.75, 3.05) is 0 Å². The van der Waals surface area contributed by atoms with Crippen LogP contribution in [0.5, 0.6) is 0 Å². The van der Waals surface area contributed by atoms with E-state index >= 15 is 0 Å². The van der Waals surface area contributed by atoms with Crippen molar-refractivity contribution in [2.24, 2.45) is 0 Å². The van der Waals surface area contributed by atoms with E-state index in [1.54, 1.807) is 36.4 Å². The first-order valence-electron chi connectivity index (χ1n) is 48.5. The van der Waals surface area contributed by atoms with E-state index in [1.807, 2.05) is 170 Å². The van der Waals surface area contributed by atoms with Gasteiger partial charge in [-0.2, -0.15) is 0 Å². The van der Waals surface area contributed by atoms with Crippen LogP contribution >= 0.6 is 31.9 Å². The number of nitro benzene ring substituents is 1. The maximum absolute atomic E-state index is 11.2. The number of nitro groups is 1. The standard InChI is InChI=1S/C24H16BNO3.C24H14BrNO.C18H10BrNO.C18H11NO3.C18H11NO.C13H10.C12H9BO3/c27-25(28)15-10-11-21-18(12-15)19-14-24-20(17-8-4-5-9-23(17)29-24)13-22(19)26(21)16-6-2-1-3-7-16;25-15-10-11-21-18(12-15)19-14-24-20(17-8-4-5-9-23(17)27-24)13-22(19)26(21)16-6-2-1-3-7-16;19-10-5-6-15-12(7-10)13-9-18-14(8-16(13)20-15)11-3-1-2-4-17(11)21-18;20-19(21)16-7-3-1-5-13(16)12-9-10-15-14-6-2-4-8-17(14)22-18(15)11-12;1-3-7-15-11(5-1)13-10-18-14(9-16(13)19-15)12-6-2-4-8-17(12)20-18;1-3-7-12-10(5-1)9-11-6-2-4-8-13(11)12;14-13(15)8-5-6-10-9-3-1-2-4-11(9)16-12(10)7-8/h1-14,27-28H;1-14H;1-9,20H;1-11H;1-10,19H;1-8H,9H2;1-7,14-15H. The first-order valence-corrected chi connectivity index (χ1v) is 50.1. The molecule has 0 spiro atoms. The third-order valence-corrected chi connectivity index (χ3v) is 29.1. The zero-order valence-corrected chi connectivity index (χ0v) is 81.8. The number of hydrogen-bond donors (Lipinski definition) is 6. The zero-order valence-electron chi connectivity index (χ0n) is 78.7. The minimum absolute atomic E-state index is 0.0953. The Hall–Kier alpha value is -18.1. The summed E-state index contributed by atoms with van der Waals surface area (Å²) < 4.78 is 42.3. The van der Waals surface area contributed by atoms with Gasteiger partial charge in [-0.3, -0.25) is 10.1 Å². The Labute approximate surface area is 858 Å². The lowest BCUT2D eigenvalue weighted by Crippen LogP contribution is -2.29. The summed E-state index contributed by atoms with van der Waals surface area (Å²) in [5.74, 6) is 0. The summed E-state index contributed by atoms with van der Waals surface area (Å²) in [5, 5.41) is 71.1. The number of H-pyrrole nitrogens is 2. The highest BCUT2D eigenvalue weighted by molar-refractivity contribution is 9.10. The molecule has 0 amide bonds. The molecular weight excluding hydrogens is 1970 g/mol. The molecule has 0 saturated carbocycles. The third kappa shape index (κ3) is 16.2. The summed E-state index contributed by atoms with van der Waals surface area (Å²) in [7, 11) is -2.97. The van der Waals surface area contributed by atoms with Gasteiger partial charge in [-0.05, 0) is 227 Å². The van der Waals surface area contributed by atoms with Crippen molar-refractivity contribution >= 4 is 282 Å². The summed E-state index contributed by atoms with van der Waals surface area (Å²) in [4.78, 5) is 17.8. The molecule has 148 heavy (non-hydrogen) atoms. The molecule has 10 aromatic heterocycles. The number of aromatic nitrogens is 4. The lowest BCUT2D eigenvalue weighted by atomic mass is 9.80. The van der Waals surface area contributed by atoms with Gasteiger partial charge in [0.2, 0.25) is 0 Å². The van der Waals surface area contributed by atoms with E-state index in [1.165, 1.54) is 88.0 Å². The quantitative estimate of drug-likeness (QED) is 0.0517. The molecule has 21 heteroatoms. The van der Waals surface area contributed by atoms with Crippen LogP contribution in [0.1, 0.15) is 11.1 Å². The van der Waals surface area contributed by atoms with Gasteiger partial charge in [0, 0.05) is 156 Å². The number of hydrogen-bond acceptors (Lipinski definition) is 12. The van der Waals surface area contributed by atoms with Crippen molar-refractivity contribution in [1.82, 2.24) is 19.1 Å². The van der Waals surface area contributed by atoms with E-state index in [4.69, 9.17) is 36.6 Å². The number of benzene rings is 21. The topological polar surface area (TPSA) is 244 Å². The number of para-hydroxylation sites is 10. The van der Waals surface area contributed by atoms with Crippen LogP contribution in [0, 0.1) is 10.1 Å². The number of nitrogens with zero attached hydrogens (tertiary/aromatic N) is 3. The van der Waals surface area contributed by atoms with Crippen LogP contribution in [-0.2, 0) is 6.42 Å². The first-order chi connectivity index (χ1) is 72.6. The van der Waals surface area contributed by atoms with E-state index < -0.39 is 14.2 Å². The monoisotopic (exact) mass is 2050 g/mol. The molecule has 31 aromatic rings. The molecule has 0 aliphatic heterocycles. The molecule has 0 bridgehead atoms. The van der Waals surface area contributed by atoms with Crippen LogP contribution in [0.25, 0.3) is 252 Å². The SMILES string of the molecule is Brc1ccc2[nH]c3cc4c(cc3c2c1)oc1ccccc14.Brc1ccc2c(c1)c1cc3oc4ccccc4c3cc1n2-c1ccccc1.O=[N+]([O-])c1ccccc1-c1ccc2c(c1)oc1ccccc12.OB(O)c1ccc2c(c1)c1cc3oc4ccccc4c3cc1n2-c1ccccc1.OB(O)c1ccc2c(c1)oc1ccccc12.c1ccc2c(c1)Cc1ccccc1-2.c1ccc2c(c1)[nH]c1cc3c(cc12)oc1ccccc13. The molecule has 0 saturated heterocycles. The molecule has 0 radical (unpaired) electrons. The Morgan fingerprint density at radius 2 is 0.561 bits per heavy atom. The normalized spacial score (nSPS) is 11.7. The second-order valence-corrected chi connectivity index (χ2v) is 38.7. The van der Waals surface area contributed by atoms with Gasteiger partial charge in [0.1, 0.15) is 67.0 Å². The Balaban J connectivity index is 0.0000000884. The minimum atomic E-state index is -1.51. The van der Waals surface area contributed by atoms with Crippen molar-refractivity contribution < 1.29 is 51.5 Å². The second-order valence-electron chi connectivity index (χ2n) is 36.9. The molecule has 0 atom stereocenters. The maximum Gasteiger partial charge on any atom is 0.488 e. The molecule has 1 aliphatic carbocycles. The lowest BCUT2D eigenvalue weighted by molar-refractivity contribution is -0.384. The molecule has 32 rings (SSSR count). The van der Waals surface area contributed by atoms with E-state index in [0.717, 1.165) is 186 Å². The number of nitrogens with one attached hydrogen (secondary N) is 2.